The van der Waals surface area contributed by atoms with Crippen LogP contribution in [-0.4, -0.2) is 41.0 Å². The number of hydrogen-bond donors (Lipinski definition) is 2. The van der Waals surface area contributed by atoms with E-state index in [1.807, 2.05) is 16.8 Å². The Bertz CT molecular complexity index is 454. The van der Waals surface area contributed by atoms with Gasteiger partial charge in [0.15, 0.2) is 0 Å². The fraction of sp³-hybridized carbons (Fsp3) is 0.538. The zero-order valence-electron chi connectivity index (χ0n) is 10.9. The molecule has 1 fully saturated rings. The van der Waals surface area contributed by atoms with Gasteiger partial charge >= 0.3 is 5.97 Å². The van der Waals surface area contributed by atoms with Crippen molar-refractivity contribution in [3.63, 3.8) is 0 Å². The lowest BCUT2D eigenvalue weighted by molar-refractivity contribution is -0.149. The highest BCUT2D eigenvalue weighted by Gasteiger charge is 2.44. The molecular formula is C13H18N2O3S. The molecule has 1 saturated carbocycles. The molecule has 1 amide bonds. The lowest BCUT2D eigenvalue weighted by Gasteiger charge is -2.38. The molecule has 2 N–H and O–H groups in total. The van der Waals surface area contributed by atoms with E-state index in [0.29, 0.717) is 19.4 Å². The summed E-state index contributed by atoms with van der Waals surface area (Å²) in [4.78, 5) is 24.7. The summed E-state index contributed by atoms with van der Waals surface area (Å²) in [7, 11) is 1.73. The van der Waals surface area contributed by atoms with Gasteiger partial charge in [-0.1, -0.05) is 0 Å². The number of carboxylic acid groups (broad SMARTS) is 1. The van der Waals surface area contributed by atoms with E-state index >= 15 is 0 Å². The minimum Gasteiger partial charge on any atom is -0.480 e. The van der Waals surface area contributed by atoms with Crippen molar-refractivity contribution < 1.29 is 14.7 Å². The van der Waals surface area contributed by atoms with Gasteiger partial charge in [-0.3, -0.25) is 14.9 Å². The molecule has 0 unspecified atom stereocenters. The van der Waals surface area contributed by atoms with E-state index in [9.17, 15) is 9.59 Å². The molecule has 0 saturated heterocycles. The molecule has 1 aromatic heterocycles. The van der Waals surface area contributed by atoms with Gasteiger partial charge in [0.05, 0.1) is 6.54 Å². The van der Waals surface area contributed by atoms with Crippen LogP contribution in [-0.2, 0) is 16.1 Å². The molecule has 1 aliphatic rings. The number of aliphatic carboxylic acids is 1. The summed E-state index contributed by atoms with van der Waals surface area (Å²) < 4.78 is 0. The Labute approximate surface area is 116 Å². The van der Waals surface area contributed by atoms with Gasteiger partial charge in [-0.05, 0) is 41.7 Å². The molecule has 0 atom stereocenters. The standard InChI is InChI=1S/C13H18N2O3S/c1-15(8-10-3-6-19-9-10)11(16)7-14-13(12(17)18)4-2-5-13/h3,6,9,14H,2,4-5,7-8H2,1H3,(H,17,18). The summed E-state index contributed by atoms with van der Waals surface area (Å²) in [5, 5.41) is 16.0. The third-order valence-electron chi connectivity index (χ3n) is 3.62. The van der Waals surface area contributed by atoms with Crippen LogP contribution < -0.4 is 5.32 Å². The molecule has 19 heavy (non-hydrogen) atoms. The number of thiophene rings is 1. The molecule has 2 rings (SSSR count). The van der Waals surface area contributed by atoms with Gasteiger partial charge in [-0.25, -0.2) is 0 Å². The monoisotopic (exact) mass is 282 g/mol. The number of nitrogens with zero attached hydrogens (tertiary/aromatic N) is 1. The van der Waals surface area contributed by atoms with Crippen LogP contribution in [0.3, 0.4) is 0 Å². The summed E-state index contributed by atoms with van der Waals surface area (Å²) in [6, 6.07) is 1.98. The fourth-order valence-electron chi connectivity index (χ4n) is 2.12. The van der Waals surface area contributed by atoms with Crippen LogP contribution >= 0.6 is 11.3 Å². The molecular weight excluding hydrogens is 264 g/mol. The van der Waals surface area contributed by atoms with E-state index in [-0.39, 0.29) is 12.5 Å². The Morgan fingerprint density at radius 1 is 1.53 bits per heavy atom. The van der Waals surface area contributed by atoms with Gasteiger partial charge in [0.2, 0.25) is 5.91 Å². The van der Waals surface area contributed by atoms with E-state index in [2.05, 4.69) is 5.32 Å². The van der Waals surface area contributed by atoms with E-state index in [4.69, 9.17) is 5.11 Å². The predicted octanol–water partition coefficient (Wildman–Crippen LogP) is 1.30. The Morgan fingerprint density at radius 2 is 2.26 bits per heavy atom. The molecule has 0 bridgehead atoms. The SMILES string of the molecule is CN(Cc1ccsc1)C(=O)CNC1(C(=O)O)CCC1. The molecule has 0 spiro atoms. The van der Waals surface area contributed by atoms with Crippen LogP contribution in [0.15, 0.2) is 16.8 Å². The summed E-state index contributed by atoms with van der Waals surface area (Å²) in [5.41, 5.74) is 0.219. The molecule has 0 aliphatic heterocycles. The third kappa shape index (κ3) is 3.13. The van der Waals surface area contributed by atoms with Crippen LogP contribution in [0.5, 0.6) is 0 Å². The smallest absolute Gasteiger partial charge is 0.323 e. The molecule has 1 aromatic rings. The minimum atomic E-state index is -0.876. The van der Waals surface area contributed by atoms with Gasteiger partial charge in [0.1, 0.15) is 5.54 Å². The average Bonchev–Trinajstić information content (AvgIpc) is 2.79. The zero-order valence-corrected chi connectivity index (χ0v) is 11.7. The summed E-state index contributed by atoms with van der Waals surface area (Å²) >= 11 is 1.60. The number of carbonyl (C=O) groups is 2. The second-order valence-corrected chi connectivity index (χ2v) is 5.76. The second-order valence-electron chi connectivity index (χ2n) is 4.98. The number of likely N-dealkylation sites (N-methyl/N-ethyl adjacent to an activating group) is 1. The lowest BCUT2D eigenvalue weighted by Crippen LogP contribution is -2.59. The highest BCUT2D eigenvalue weighted by atomic mass is 32.1. The fourth-order valence-corrected chi connectivity index (χ4v) is 2.78. The maximum atomic E-state index is 12.0. The molecule has 0 aromatic carbocycles. The van der Waals surface area contributed by atoms with Crippen molar-refractivity contribution in [2.75, 3.05) is 13.6 Å². The van der Waals surface area contributed by atoms with Crippen LogP contribution in [0.4, 0.5) is 0 Å². The lowest BCUT2D eigenvalue weighted by atomic mass is 9.77. The first-order valence-corrected chi connectivity index (χ1v) is 7.21. The van der Waals surface area contributed by atoms with Crippen molar-refractivity contribution in [1.29, 1.82) is 0 Å². The van der Waals surface area contributed by atoms with Crippen molar-refractivity contribution in [3.8, 4) is 0 Å². The summed E-state index contributed by atoms with van der Waals surface area (Å²) in [5.74, 6) is -0.939. The second kappa shape index (κ2) is 5.71. The van der Waals surface area contributed by atoms with Crippen LogP contribution in [0, 0.1) is 0 Å². The van der Waals surface area contributed by atoms with E-state index in [0.717, 1.165) is 12.0 Å². The topological polar surface area (TPSA) is 69.6 Å². The number of hydrogen-bond acceptors (Lipinski definition) is 4. The van der Waals surface area contributed by atoms with Crippen molar-refractivity contribution >= 4 is 23.2 Å². The van der Waals surface area contributed by atoms with Crippen LogP contribution in [0.2, 0.25) is 0 Å². The van der Waals surface area contributed by atoms with Gasteiger partial charge in [0.25, 0.3) is 0 Å². The first-order chi connectivity index (χ1) is 9.03. The van der Waals surface area contributed by atoms with Crippen molar-refractivity contribution in [2.45, 2.75) is 31.3 Å². The summed E-state index contributed by atoms with van der Waals surface area (Å²) in [6.07, 6.45) is 2.10. The highest BCUT2D eigenvalue weighted by Crippen LogP contribution is 2.31. The van der Waals surface area contributed by atoms with Crippen LogP contribution in [0.1, 0.15) is 24.8 Å². The summed E-state index contributed by atoms with van der Waals surface area (Å²) in [6.45, 7) is 0.636. The van der Waals surface area contributed by atoms with Crippen molar-refractivity contribution in [3.05, 3.63) is 22.4 Å². The molecule has 5 nitrogen and oxygen atoms in total. The number of carbonyl (C=O) groups excluding carboxylic acids is 1. The van der Waals surface area contributed by atoms with E-state index in [1.54, 1.807) is 23.3 Å². The van der Waals surface area contributed by atoms with Crippen molar-refractivity contribution in [2.24, 2.45) is 0 Å². The Balaban J connectivity index is 1.82. The third-order valence-corrected chi connectivity index (χ3v) is 4.35. The van der Waals surface area contributed by atoms with Gasteiger partial charge in [-0.15, -0.1) is 0 Å². The number of nitrogens with one attached hydrogen (secondary N) is 1. The number of carboxylic acids is 1. The zero-order chi connectivity index (χ0) is 13.9. The van der Waals surface area contributed by atoms with Crippen molar-refractivity contribution in [1.82, 2.24) is 10.2 Å². The van der Waals surface area contributed by atoms with Gasteiger partial charge in [-0.2, -0.15) is 11.3 Å². The quantitative estimate of drug-likeness (QED) is 0.825. The van der Waals surface area contributed by atoms with Gasteiger partial charge in [0, 0.05) is 13.6 Å². The maximum absolute atomic E-state index is 12.0. The molecule has 1 aliphatic carbocycles. The Hall–Kier alpha value is -1.40. The first kappa shape index (κ1) is 14.0. The largest absolute Gasteiger partial charge is 0.480 e. The van der Waals surface area contributed by atoms with Gasteiger partial charge < -0.3 is 10.0 Å². The number of amides is 1. The average molecular weight is 282 g/mol. The Morgan fingerprint density at radius 3 is 2.74 bits per heavy atom. The van der Waals surface area contributed by atoms with E-state index < -0.39 is 11.5 Å². The molecule has 0 radical (unpaired) electrons. The highest BCUT2D eigenvalue weighted by molar-refractivity contribution is 7.07. The normalized spacial score (nSPS) is 16.7. The predicted molar refractivity (Wildman–Crippen MR) is 73.0 cm³/mol. The number of rotatable bonds is 6. The minimum absolute atomic E-state index is 0.0763. The molecule has 104 valence electrons. The molecule has 1 heterocycles. The maximum Gasteiger partial charge on any atom is 0.323 e. The van der Waals surface area contributed by atoms with E-state index in [1.165, 1.54) is 0 Å². The molecule has 6 heteroatoms. The van der Waals surface area contributed by atoms with Crippen LogP contribution in [0.25, 0.3) is 0 Å². The first-order valence-electron chi connectivity index (χ1n) is 6.27. The Kier molecular flexibility index (Phi) is 4.21.